The maximum absolute atomic E-state index is 12.9. The summed E-state index contributed by atoms with van der Waals surface area (Å²) in [4.78, 5) is 82.5. The van der Waals surface area contributed by atoms with E-state index in [2.05, 4.69) is 25.9 Å². The van der Waals surface area contributed by atoms with Crippen LogP contribution in [-0.4, -0.2) is 72.5 Å². The van der Waals surface area contributed by atoms with E-state index in [0.29, 0.717) is 36.4 Å². The van der Waals surface area contributed by atoms with E-state index >= 15 is 0 Å². The number of fused-ring (bicyclic) bond motifs is 1. The first-order valence-electron chi connectivity index (χ1n) is 14.5. The number of carbonyl (C=O) groups excluding carboxylic acids is 5. The molecule has 1 aromatic heterocycles. The highest BCUT2D eigenvalue weighted by atomic mass is 16.5. The number of hydrogen-bond acceptors (Lipinski definition) is 10. The number of nitrogens with one attached hydrogen (secondary N) is 4. The number of benzene rings is 1. The van der Waals surface area contributed by atoms with Gasteiger partial charge in [0.2, 0.25) is 18.3 Å². The fourth-order valence-corrected chi connectivity index (χ4v) is 4.44. The smallest absolute Gasteiger partial charge is 0.328 e. The van der Waals surface area contributed by atoms with E-state index in [1.54, 1.807) is 46.8 Å². The Morgan fingerprint density at radius 3 is 2.41 bits per heavy atom. The van der Waals surface area contributed by atoms with Gasteiger partial charge in [-0.15, -0.1) is 0 Å². The molecule has 2 aromatic rings. The van der Waals surface area contributed by atoms with Crippen molar-refractivity contribution in [3.05, 3.63) is 45.7 Å². The average molecular weight is 613 g/mol. The molecule has 1 aliphatic heterocycles. The molecule has 0 saturated heterocycles. The molecule has 0 saturated carbocycles. The average Bonchev–Trinajstić information content (AvgIpc) is 2.98. The maximum atomic E-state index is 12.9. The summed E-state index contributed by atoms with van der Waals surface area (Å²) in [6, 6.07) is 5.20. The molecule has 0 fully saturated rings. The number of H-pyrrole nitrogens is 1. The molecule has 1 unspecified atom stereocenters. The number of esters is 2. The van der Waals surface area contributed by atoms with Gasteiger partial charge in [-0.1, -0.05) is 20.8 Å². The molecule has 3 rings (SSSR count). The highest BCUT2D eigenvalue weighted by Crippen LogP contribution is 2.24. The second kappa shape index (κ2) is 15.1. The zero-order valence-corrected chi connectivity index (χ0v) is 25.7. The topological polar surface area (TPSA) is 189 Å². The summed E-state index contributed by atoms with van der Waals surface area (Å²) in [6.45, 7) is 9.60. The molecular weight excluding hydrogens is 572 g/mol. The van der Waals surface area contributed by atoms with Gasteiger partial charge in [0.1, 0.15) is 11.9 Å². The minimum absolute atomic E-state index is 0.0180. The minimum Gasteiger partial charge on any atom is -0.466 e. The van der Waals surface area contributed by atoms with E-state index in [1.165, 1.54) is 17.0 Å². The molecule has 14 nitrogen and oxygen atoms in total. The van der Waals surface area contributed by atoms with Gasteiger partial charge in [-0.05, 0) is 56.9 Å². The molecule has 2 atom stereocenters. The first kappa shape index (κ1) is 33.7. The second-order valence-corrected chi connectivity index (χ2v) is 11.3. The van der Waals surface area contributed by atoms with Gasteiger partial charge in [-0.3, -0.25) is 34.3 Å². The number of carbonyl (C=O) groups is 5. The van der Waals surface area contributed by atoms with Crippen LogP contribution < -0.4 is 26.4 Å². The van der Waals surface area contributed by atoms with Crippen LogP contribution in [0.5, 0.6) is 0 Å². The van der Waals surface area contributed by atoms with Gasteiger partial charge in [0.15, 0.2) is 0 Å². The number of amides is 3. The first-order valence-corrected chi connectivity index (χ1v) is 14.5. The van der Waals surface area contributed by atoms with E-state index in [4.69, 9.17) is 9.47 Å². The zero-order chi connectivity index (χ0) is 32.4. The van der Waals surface area contributed by atoms with Gasteiger partial charge in [0.25, 0.3) is 11.5 Å². The molecule has 2 heterocycles. The Morgan fingerprint density at radius 2 is 1.80 bits per heavy atom. The van der Waals surface area contributed by atoms with Crippen LogP contribution in [0.25, 0.3) is 0 Å². The number of rotatable bonds is 13. The molecule has 0 radical (unpaired) electrons. The van der Waals surface area contributed by atoms with Crippen molar-refractivity contribution in [2.24, 2.45) is 11.3 Å². The third-order valence-electron chi connectivity index (χ3n) is 6.84. The summed E-state index contributed by atoms with van der Waals surface area (Å²) in [5.41, 5.74) is 0.146. The molecule has 44 heavy (non-hydrogen) atoms. The molecule has 1 aliphatic rings. The Bertz CT molecular complexity index is 1420. The Hall–Kier alpha value is -4.75. The van der Waals surface area contributed by atoms with Crippen molar-refractivity contribution in [2.75, 3.05) is 41.8 Å². The summed E-state index contributed by atoms with van der Waals surface area (Å²) in [6.07, 6.45) is 0.973. The highest BCUT2D eigenvalue weighted by molar-refractivity contribution is 5.97. The fourth-order valence-electron chi connectivity index (χ4n) is 4.44. The maximum Gasteiger partial charge on any atom is 0.328 e. The monoisotopic (exact) mass is 612 g/mol. The SMILES string of the molecule is CCOC(=O)CC[C@H](NC(=O)c1ccc(N(C=O)CC2CNc3nc(NC(=O)C(C)(C)C)[nH]c(=O)c3C2)cc1)C(=O)OCC. The first-order chi connectivity index (χ1) is 20.9. The molecule has 0 bridgehead atoms. The van der Waals surface area contributed by atoms with E-state index < -0.39 is 29.3 Å². The third-order valence-corrected chi connectivity index (χ3v) is 6.84. The predicted octanol–water partition coefficient (Wildman–Crippen LogP) is 2.01. The van der Waals surface area contributed by atoms with Crippen molar-refractivity contribution in [2.45, 2.75) is 59.9 Å². The predicted molar refractivity (Wildman–Crippen MR) is 162 cm³/mol. The number of aromatic nitrogens is 2. The van der Waals surface area contributed by atoms with Crippen molar-refractivity contribution in [3.63, 3.8) is 0 Å². The van der Waals surface area contributed by atoms with Crippen LogP contribution in [0.1, 0.15) is 63.4 Å². The molecule has 238 valence electrons. The summed E-state index contributed by atoms with van der Waals surface area (Å²) >= 11 is 0. The summed E-state index contributed by atoms with van der Waals surface area (Å²) in [5, 5.41) is 8.36. The number of ether oxygens (including phenoxy) is 2. The Balaban J connectivity index is 1.64. The fraction of sp³-hybridized carbons (Fsp3) is 0.500. The van der Waals surface area contributed by atoms with Crippen LogP contribution in [0.3, 0.4) is 0 Å². The zero-order valence-electron chi connectivity index (χ0n) is 25.7. The second-order valence-electron chi connectivity index (χ2n) is 11.3. The van der Waals surface area contributed by atoms with Crippen molar-refractivity contribution in [1.29, 1.82) is 0 Å². The highest BCUT2D eigenvalue weighted by Gasteiger charge is 2.27. The number of hydrogen-bond donors (Lipinski definition) is 4. The normalized spacial score (nSPS) is 14.7. The lowest BCUT2D eigenvalue weighted by Gasteiger charge is -2.29. The van der Waals surface area contributed by atoms with Crippen molar-refractivity contribution in [1.82, 2.24) is 15.3 Å². The molecule has 1 aromatic carbocycles. The molecule has 3 amide bonds. The molecular formula is C30H40N6O8. The van der Waals surface area contributed by atoms with Crippen molar-refractivity contribution in [3.8, 4) is 0 Å². The summed E-state index contributed by atoms with van der Waals surface area (Å²) < 4.78 is 9.93. The largest absolute Gasteiger partial charge is 0.466 e. The molecule has 0 spiro atoms. The lowest BCUT2D eigenvalue weighted by atomic mass is 9.95. The van der Waals surface area contributed by atoms with Crippen molar-refractivity contribution < 1.29 is 33.4 Å². The summed E-state index contributed by atoms with van der Waals surface area (Å²) in [5.74, 6) is -1.66. The van der Waals surface area contributed by atoms with E-state index in [-0.39, 0.29) is 61.5 Å². The van der Waals surface area contributed by atoms with Crippen LogP contribution in [0.15, 0.2) is 29.1 Å². The summed E-state index contributed by atoms with van der Waals surface area (Å²) in [7, 11) is 0. The van der Waals surface area contributed by atoms with Gasteiger partial charge < -0.3 is 25.0 Å². The van der Waals surface area contributed by atoms with E-state index in [9.17, 15) is 28.8 Å². The minimum atomic E-state index is -1.04. The molecule has 4 N–H and O–H groups in total. The Kier molecular flexibility index (Phi) is 11.6. The van der Waals surface area contributed by atoms with Gasteiger partial charge in [-0.25, -0.2) is 4.79 Å². The van der Waals surface area contributed by atoms with Crippen molar-refractivity contribution >= 4 is 47.6 Å². The van der Waals surface area contributed by atoms with Crippen LogP contribution >= 0.6 is 0 Å². The molecule has 0 aliphatic carbocycles. The van der Waals surface area contributed by atoms with Crippen LogP contribution in [0.4, 0.5) is 17.5 Å². The Labute approximate surface area is 255 Å². The van der Waals surface area contributed by atoms with Gasteiger partial charge in [0.05, 0.1) is 18.8 Å². The van der Waals surface area contributed by atoms with Gasteiger partial charge in [-0.2, -0.15) is 4.98 Å². The molecule has 14 heteroatoms. The van der Waals surface area contributed by atoms with Gasteiger partial charge in [0, 0.05) is 36.2 Å². The quantitative estimate of drug-likeness (QED) is 0.192. The Morgan fingerprint density at radius 1 is 1.11 bits per heavy atom. The number of nitrogens with zero attached hydrogens (tertiary/aromatic N) is 2. The van der Waals surface area contributed by atoms with Gasteiger partial charge >= 0.3 is 11.9 Å². The van der Waals surface area contributed by atoms with E-state index in [1.807, 2.05) is 0 Å². The lowest BCUT2D eigenvalue weighted by molar-refractivity contribution is -0.147. The van der Waals surface area contributed by atoms with Crippen LogP contribution in [0, 0.1) is 11.3 Å². The standard InChI is InChI=1S/C30H40N6O8/c1-6-43-23(38)13-12-22(27(41)44-7-2)32-25(39)19-8-10-20(11-9-19)36(17-37)16-18-14-21-24(31-15-18)33-29(34-26(21)40)35-28(42)30(3,4)5/h8-11,17-18,22H,6-7,12-16H2,1-5H3,(H,32,39)(H3,31,33,34,35,40,42)/t18?,22-/m0/s1. The lowest BCUT2D eigenvalue weighted by Crippen LogP contribution is -2.42. The number of aromatic amines is 1. The third kappa shape index (κ3) is 9.12. The van der Waals surface area contributed by atoms with Crippen LogP contribution in [0.2, 0.25) is 0 Å². The van der Waals surface area contributed by atoms with Crippen LogP contribution in [-0.2, 0) is 35.1 Å². The number of anilines is 3. The van der Waals surface area contributed by atoms with E-state index in [0.717, 1.165) is 0 Å².